The molecule has 12 rings (SSSR count). The molecule has 4 nitrogen and oxygen atoms in total. The standard InChI is InChI=1S/C70H58N4/c1-40-11-19-56(44(5)27-40)50-15-23-60-61-24-16-51(57-20-12-41(2)28-45(57)6)34-66(61)73(65(60)33-50)69-37-55(39-71)64(54-31-48(9)72-49(10)32-54)38-70(69)74-67-35-52(58-21-13-42(3)29-46(58)7)17-25-62(67)63-26-18-53(36-68(63)74)59-22-14-43(4)30-47(59)8/h11-38H,1-10H3. The van der Waals surface area contributed by atoms with E-state index in [0.717, 1.165) is 99.8 Å². The van der Waals surface area contributed by atoms with E-state index in [2.05, 4.69) is 240 Å². The van der Waals surface area contributed by atoms with Gasteiger partial charge in [-0.2, -0.15) is 5.26 Å². The lowest BCUT2D eigenvalue weighted by atomic mass is 9.96. The van der Waals surface area contributed by atoms with Gasteiger partial charge in [-0.1, -0.05) is 144 Å². The van der Waals surface area contributed by atoms with Gasteiger partial charge in [0.25, 0.3) is 0 Å². The molecule has 4 heteroatoms. The van der Waals surface area contributed by atoms with Crippen LogP contribution in [0.25, 0.3) is 111 Å². The van der Waals surface area contributed by atoms with E-state index in [4.69, 9.17) is 4.98 Å². The van der Waals surface area contributed by atoms with E-state index in [1.54, 1.807) is 0 Å². The van der Waals surface area contributed by atoms with Crippen molar-refractivity contribution >= 4 is 43.6 Å². The fraction of sp³-hybridized carbons (Fsp3) is 0.143. The van der Waals surface area contributed by atoms with Crippen LogP contribution in [0.15, 0.2) is 170 Å². The minimum absolute atomic E-state index is 0.590. The van der Waals surface area contributed by atoms with Gasteiger partial charge in [-0.05, 0) is 190 Å². The van der Waals surface area contributed by atoms with Gasteiger partial charge in [0.1, 0.15) is 0 Å². The van der Waals surface area contributed by atoms with Crippen LogP contribution >= 0.6 is 0 Å². The van der Waals surface area contributed by atoms with Gasteiger partial charge >= 0.3 is 0 Å². The summed E-state index contributed by atoms with van der Waals surface area (Å²) in [6.45, 7) is 21.5. The SMILES string of the molecule is Cc1ccc(-c2ccc3c4ccc(-c5ccc(C)cc5C)cc4n(-c4cc(C#N)c(-c5cc(C)nc(C)c5)cc4-n4c5cc(-c6ccc(C)cc6C)ccc5c5ccc(-c6ccc(C)cc6C)cc54)c3c2)c(C)c1. The van der Waals surface area contributed by atoms with Gasteiger partial charge in [-0.3, -0.25) is 4.98 Å². The van der Waals surface area contributed by atoms with Crippen LogP contribution in [0.5, 0.6) is 0 Å². The molecule has 0 saturated carbocycles. The second-order valence-electron chi connectivity index (χ2n) is 21.0. The summed E-state index contributed by atoms with van der Waals surface area (Å²) in [5, 5.41) is 16.1. The maximum Gasteiger partial charge on any atom is 0.0998 e. The third-order valence-electron chi connectivity index (χ3n) is 15.4. The number of nitrogens with zero attached hydrogens (tertiary/aromatic N) is 4. The number of benzene rings is 9. The van der Waals surface area contributed by atoms with Crippen molar-refractivity contribution < 1.29 is 0 Å². The van der Waals surface area contributed by atoms with Crippen molar-refractivity contribution in [3.63, 3.8) is 0 Å². The minimum atomic E-state index is 0.590. The van der Waals surface area contributed by atoms with Gasteiger partial charge in [0.05, 0.1) is 45.1 Å². The van der Waals surface area contributed by atoms with Crippen LogP contribution in [0.4, 0.5) is 0 Å². The molecule has 0 saturated heterocycles. The van der Waals surface area contributed by atoms with Crippen LogP contribution in [-0.2, 0) is 0 Å². The minimum Gasteiger partial charge on any atom is -0.307 e. The van der Waals surface area contributed by atoms with E-state index in [0.29, 0.717) is 5.56 Å². The van der Waals surface area contributed by atoms with Gasteiger partial charge in [-0.15, -0.1) is 0 Å². The van der Waals surface area contributed by atoms with Crippen molar-refractivity contribution in [2.45, 2.75) is 69.2 Å². The van der Waals surface area contributed by atoms with Crippen LogP contribution in [-0.4, -0.2) is 14.1 Å². The second-order valence-corrected chi connectivity index (χ2v) is 21.0. The molecule has 0 spiro atoms. The molecule has 74 heavy (non-hydrogen) atoms. The Morgan fingerprint density at radius 2 is 0.622 bits per heavy atom. The number of hydrogen-bond acceptors (Lipinski definition) is 2. The predicted molar refractivity (Wildman–Crippen MR) is 312 cm³/mol. The Labute approximate surface area is 434 Å². The first-order valence-electron chi connectivity index (χ1n) is 25.7. The van der Waals surface area contributed by atoms with Crippen LogP contribution in [0.3, 0.4) is 0 Å². The van der Waals surface area contributed by atoms with Crippen LogP contribution in [0.1, 0.15) is 61.5 Å². The third kappa shape index (κ3) is 7.79. The molecule has 0 aliphatic rings. The van der Waals surface area contributed by atoms with Gasteiger partial charge < -0.3 is 9.13 Å². The Bertz CT molecular complexity index is 4140. The third-order valence-corrected chi connectivity index (χ3v) is 15.4. The quantitative estimate of drug-likeness (QED) is 0.160. The Morgan fingerprint density at radius 3 is 0.919 bits per heavy atom. The summed E-state index contributed by atoms with van der Waals surface area (Å²) in [7, 11) is 0. The maximum absolute atomic E-state index is 11.5. The van der Waals surface area contributed by atoms with E-state index >= 15 is 0 Å². The molecule has 0 radical (unpaired) electrons. The zero-order valence-corrected chi connectivity index (χ0v) is 44.0. The summed E-state index contributed by atoms with van der Waals surface area (Å²) in [6, 6.07) is 66.2. The Balaban J connectivity index is 1.27. The molecule has 0 N–H and O–H groups in total. The van der Waals surface area contributed by atoms with Gasteiger partial charge in [-0.25, -0.2) is 0 Å². The molecule has 0 atom stereocenters. The molecule has 0 aliphatic carbocycles. The van der Waals surface area contributed by atoms with E-state index in [9.17, 15) is 5.26 Å². The topological polar surface area (TPSA) is 46.5 Å². The summed E-state index contributed by atoms with van der Waals surface area (Å²) < 4.78 is 4.94. The highest BCUT2D eigenvalue weighted by molar-refractivity contribution is 6.14. The van der Waals surface area contributed by atoms with Gasteiger partial charge in [0.2, 0.25) is 0 Å². The Kier molecular flexibility index (Phi) is 11.1. The molecule has 0 unspecified atom stereocenters. The number of nitriles is 1. The molecule has 0 fully saturated rings. The van der Waals surface area contributed by atoms with Crippen molar-refractivity contribution in [3.8, 4) is 73.1 Å². The fourth-order valence-electron chi connectivity index (χ4n) is 12.0. The molecule has 0 bridgehead atoms. The summed E-state index contributed by atoms with van der Waals surface area (Å²) >= 11 is 0. The van der Waals surface area contributed by atoms with E-state index in [-0.39, 0.29) is 0 Å². The molecule has 358 valence electrons. The first-order chi connectivity index (χ1) is 35.7. The van der Waals surface area contributed by atoms with Crippen LogP contribution in [0, 0.1) is 80.6 Å². The molecular formula is C70H58N4. The fourth-order valence-corrected chi connectivity index (χ4v) is 12.0. The number of fused-ring (bicyclic) bond motifs is 6. The average Bonchev–Trinajstić information content (AvgIpc) is 3.87. The molecule has 9 aromatic carbocycles. The smallest absolute Gasteiger partial charge is 0.0998 e. The molecular weight excluding hydrogens is 897 g/mol. The van der Waals surface area contributed by atoms with Crippen molar-refractivity contribution in [1.82, 2.24) is 14.1 Å². The molecule has 0 aliphatic heterocycles. The van der Waals surface area contributed by atoms with E-state index in [1.807, 2.05) is 13.8 Å². The second kappa shape index (κ2) is 17.8. The first-order valence-corrected chi connectivity index (χ1v) is 25.7. The number of hydrogen-bond donors (Lipinski definition) is 0. The highest BCUT2D eigenvalue weighted by Gasteiger charge is 2.25. The summed E-state index contributed by atoms with van der Waals surface area (Å²) in [4.78, 5) is 4.79. The number of pyridine rings is 1. The molecule has 3 aromatic heterocycles. The lowest BCUT2D eigenvalue weighted by Gasteiger charge is -2.21. The largest absolute Gasteiger partial charge is 0.307 e. The maximum atomic E-state index is 11.5. The zero-order valence-electron chi connectivity index (χ0n) is 44.0. The highest BCUT2D eigenvalue weighted by Crippen LogP contribution is 2.45. The van der Waals surface area contributed by atoms with Crippen molar-refractivity contribution in [3.05, 3.63) is 231 Å². The van der Waals surface area contributed by atoms with Crippen molar-refractivity contribution in [1.29, 1.82) is 5.26 Å². The van der Waals surface area contributed by atoms with Gasteiger partial charge in [0.15, 0.2) is 0 Å². The lowest BCUT2D eigenvalue weighted by Crippen LogP contribution is -2.06. The normalized spacial score (nSPS) is 11.6. The van der Waals surface area contributed by atoms with E-state index < -0.39 is 0 Å². The van der Waals surface area contributed by atoms with Crippen LogP contribution in [0.2, 0.25) is 0 Å². The number of aryl methyl sites for hydroxylation is 10. The average molecular weight is 955 g/mol. The number of aromatic nitrogens is 3. The molecule has 12 aromatic rings. The predicted octanol–water partition coefficient (Wildman–Crippen LogP) is 18.6. The summed E-state index contributed by atoms with van der Waals surface area (Å²) in [5.74, 6) is 0. The molecule has 0 amide bonds. The first kappa shape index (κ1) is 46.3. The number of rotatable bonds is 7. The summed E-state index contributed by atoms with van der Waals surface area (Å²) in [5.41, 5.74) is 29.7. The van der Waals surface area contributed by atoms with Crippen LogP contribution < -0.4 is 0 Å². The monoisotopic (exact) mass is 954 g/mol. The lowest BCUT2D eigenvalue weighted by molar-refractivity contribution is 1.09. The Hall–Kier alpha value is -8.78. The summed E-state index contributed by atoms with van der Waals surface area (Å²) in [6.07, 6.45) is 0. The molecule has 3 heterocycles. The van der Waals surface area contributed by atoms with Crippen molar-refractivity contribution in [2.75, 3.05) is 0 Å². The zero-order chi connectivity index (χ0) is 51.3. The van der Waals surface area contributed by atoms with E-state index in [1.165, 1.54) is 66.8 Å². The van der Waals surface area contributed by atoms with Gasteiger partial charge in [0, 0.05) is 38.5 Å². The Morgan fingerprint density at radius 1 is 0.311 bits per heavy atom. The van der Waals surface area contributed by atoms with Crippen molar-refractivity contribution in [2.24, 2.45) is 0 Å². The highest BCUT2D eigenvalue weighted by atomic mass is 15.1.